The number of nitrogens with one attached hydrogen (secondary N) is 1. The van der Waals surface area contributed by atoms with Crippen LogP contribution in [0.2, 0.25) is 0 Å². The molecule has 98 valence electrons. The van der Waals surface area contributed by atoms with Gasteiger partial charge in [-0.2, -0.15) is 5.10 Å². The zero-order valence-corrected chi connectivity index (χ0v) is 11.0. The summed E-state index contributed by atoms with van der Waals surface area (Å²) in [6, 6.07) is 3.45. The van der Waals surface area contributed by atoms with E-state index in [-0.39, 0.29) is 0 Å². The van der Waals surface area contributed by atoms with Crippen molar-refractivity contribution in [1.29, 1.82) is 0 Å². The van der Waals surface area contributed by atoms with Crippen molar-refractivity contribution in [2.24, 2.45) is 0 Å². The van der Waals surface area contributed by atoms with Crippen molar-refractivity contribution in [3.63, 3.8) is 0 Å². The molecule has 2 aliphatic carbocycles. The van der Waals surface area contributed by atoms with Crippen LogP contribution in [0.25, 0.3) is 0 Å². The summed E-state index contributed by atoms with van der Waals surface area (Å²) < 4.78 is 2.20. The van der Waals surface area contributed by atoms with Crippen LogP contribution in [0.5, 0.6) is 0 Å². The van der Waals surface area contributed by atoms with Gasteiger partial charge in [-0.15, -0.1) is 0 Å². The second-order valence-electron chi connectivity index (χ2n) is 5.60. The average Bonchev–Trinajstić information content (AvgIpc) is 3.09. The second kappa shape index (κ2) is 5.70. The van der Waals surface area contributed by atoms with E-state index in [1.807, 2.05) is 0 Å². The summed E-state index contributed by atoms with van der Waals surface area (Å²) in [6.07, 6.45) is 15.8. The van der Waals surface area contributed by atoms with Crippen molar-refractivity contribution in [3.8, 4) is 0 Å². The van der Waals surface area contributed by atoms with Crippen LogP contribution in [0.4, 0.5) is 0 Å². The summed E-state index contributed by atoms with van der Waals surface area (Å²) >= 11 is 0. The lowest BCUT2D eigenvalue weighted by molar-refractivity contribution is 0.327. The first kappa shape index (κ1) is 12.0. The molecule has 1 fully saturated rings. The summed E-state index contributed by atoms with van der Waals surface area (Å²) in [5.41, 5.74) is 1.19. The van der Waals surface area contributed by atoms with E-state index >= 15 is 0 Å². The van der Waals surface area contributed by atoms with Crippen LogP contribution in [0.3, 0.4) is 0 Å². The van der Waals surface area contributed by atoms with Crippen molar-refractivity contribution in [1.82, 2.24) is 15.1 Å². The molecule has 18 heavy (non-hydrogen) atoms. The van der Waals surface area contributed by atoms with Crippen LogP contribution >= 0.6 is 0 Å². The molecule has 0 aromatic carbocycles. The first-order valence-corrected chi connectivity index (χ1v) is 7.34. The Balaban J connectivity index is 1.52. The normalized spacial score (nSPS) is 21.8. The van der Waals surface area contributed by atoms with E-state index < -0.39 is 0 Å². The van der Waals surface area contributed by atoms with E-state index in [4.69, 9.17) is 5.10 Å². The van der Waals surface area contributed by atoms with Crippen LogP contribution in [0.1, 0.15) is 56.7 Å². The number of nitrogens with zero attached hydrogens (tertiary/aromatic N) is 2. The third-order valence-corrected chi connectivity index (χ3v) is 4.19. The highest BCUT2D eigenvalue weighted by Crippen LogP contribution is 2.27. The Morgan fingerprint density at radius 3 is 2.72 bits per heavy atom. The van der Waals surface area contributed by atoms with Crippen molar-refractivity contribution in [2.75, 3.05) is 0 Å². The lowest BCUT2D eigenvalue weighted by Crippen LogP contribution is -2.26. The molecule has 0 spiro atoms. The van der Waals surface area contributed by atoms with E-state index in [2.05, 4.69) is 34.4 Å². The lowest BCUT2D eigenvalue weighted by atomic mass is 9.96. The molecule has 1 aromatic rings. The maximum atomic E-state index is 4.73. The standard InChI is InChI=1S/C15H23N3/c1-2-8-15(9-3-1)18-11-10-14(17-18)12-16-13-6-4-5-7-13/h4-5,10-11,13,15-16H,1-3,6-9,12H2. The molecule has 0 saturated heterocycles. The minimum Gasteiger partial charge on any atom is -0.308 e. The molecule has 3 rings (SSSR count). The summed E-state index contributed by atoms with van der Waals surface area (Å²) in [5, 5.41) is 8.30. The van der Waals surface area contributed by atoms with Crippen LogP contribution < -0.4 is 5.32 Å². The summed E-state index contributed by atoms with van der Waals surface area (Å²) in [5.74, 6) is 0. The quantitative estimate of drug-likeness (QED) is 0.826. The largest absolute Gasteiger partial charge is 0.308 e. The van der Waals surface area contributed by atoms with Gasteiger partial charge in [-0.05, 0) is 31.7 Å². The fraction of sp³-hybridized carbons (Fsp3) is 0.667. The van der Waals surface area contributed by atoms with Gasteiger partial charge in [-0.3, -0.25) is 4.68 Å². The molecule has 1 saturated carbocycles. The van der Waals surface area contributed by atoms with Crippen LogP contribution in [0, 0.1) is 0 Å². The number of rotatable bonds is 4. The molecule has 0 atom stereocenters. The third-order valence-electron chi connectivity index (χ3n) is 4.19. The number of hydrogen-bond donors (Lipinski definition) is 1. The predicted octanol–water partition coefficient (Wildman–Crippen LogP) is 3.20. The van der Waals surface area contributed by atoms with E-state index in [9.17, 15) is 0 Å². The van der Waals surface area contributed by atoms with Crippen LogP contribution in [0.15, 0.2) is 24.4 Å². The summed E-state index contributed by atoms with van der Waals surface area (Å²) in [4.78, 5) is 0. The molecule has 0 radical (unpaired) electrons. The minimum absolute atomic E-state index is 0.629. The molecule has 1 aromatic heterocycles. The van der Waals surface area contributed by atoms with Gasteiger partial charge in [0.05, 0.1) is 11.7 Å². The van der Waals surface area contributed by atoms with E-state index in [0.717, 1.165) is 6.54 Å². The Kier molecular flexibility index (Phi) is 3.79. The SMILES string of the molecule is C1=CCC(NCc2ccn(C3CCCCC3)n2)C1. The van der Waals surface area contributed by atoms with Gasteiger partial charge >= 0.3 is 0 Å². The molecular formula is C15H23N3. The summed E-state index contributed by atoms with van der Waals surface area (Å²) in [6.45, 7) is 0.909. The molecule has 2 aliphatic rings. The Bertz CT molecular complexity index is 394. The zero-order valence-electron chi connectivity index (χ0n) is 11.0. The topological polar surface area (TPSA) is 29.9 Å². The number of aromatic nitrogens is 2. The van der Waals surface area contributed by atoms with Gasteiger partial charge in [0.1, 0.15) is 0 Å². The van der Waals surface area contributed by atoms with Gasteiger partial charge < -0.3 is 5.32 Å². The Hall–Kier alpha value is -1.09. The fourth-order valence-electron chi connectivity index (χ4n) is 3.05. The molecule has 3 heteroatoms. The highest BCUT2D eigenvalue weighted by molar-refractivity contribution is 5.02. The summed E-state index contributed by atoms with van der Waals surface area (Å²) in [7, 11) is 0. The molecule has 0 aliphatic heterocycles. The van der Waals surface area contributed by atoms with Gasteiger partial charge in [0.25, 0.3) is 0 Å². The van der Waals surface area contributed by atoms with E-state index in [0.29, 0.717) is 12.1 Å². The Morgan fingerprint density at radius 1 is 1.17 bits per heavy atom. The average molecular weight is 245 g/mol. The maximum absolute atomic E-state index is 4.73. The van der Waals surface area contributed by atoms with E-state index in [1.54, 1.807) is 0 Å². The van der Waals surface area contributed by atoms with Crippen LogP contribution in [-0.4, -0.2) is 15.8 Å². The Morgan fingerprint density at radius 2 is 1.94 bits per heavy atom. The highest BCUT2D eigenvalue weighted by Gasteiger charge is 2.16. The third kappa shape index (κ3) is 2.83. The van der Waals surface area contributed by atoms with Crippen molar-refractivity contribution >= 4 is 0 Å². The molecular weight excluding hydrogens is 222 g/mol. The molecule has 1 heterocycles. The molecule has 0 unspecified atom stereocenters. The van der Waals surface area contributed by atoms with Crippen molar-refractivity contribution < 1.29 is 0 Å². The first-order chi connectivity index (χ1) is 8.92. The smallest absolute Gasteiger partial charge is 0.0762 e. The monoisotopic (exact) mass is 245 g/mol. The number of hydrogen-bond acceptors (Lipinski definition) is 2. The van der Waals surface area contributed by atoms with Gasteiger partial charge in [0.15, 0.2) is 0 Å². The highest BCUT2D eigenvalue weighted by atomic mass is 15.3. The lowest BCUT2D eigenvalue weighted by Gasteiger charge is -2.21. The van der Waals surface area contributed by atoms with Gasteiger partial charge in [0, 0.05) is 18.8 Å². The van der Waals surface area contributed by atoms with E-state index in [1.165, 1.54) is 50.6 Å². The second-order valence-corrected chi connectivity index (χ2v) is 5.60. The Labute approximate surface area is 109 Å². The molecule has 0 bridgehead atoms. The molecule has 1 N–H and O–H groups in total. The van der Waals surface area contributed by atoms with Gasteiger partial charge in [0.2, 0.25) is 0 Å². The zero-order chi connectivity index (χ0) is 12.2. The molecule has 3 nitrogen and oxygen atoms in total. The molecule has 0 amide bonds. The van der Waals surface area contributed by atoms with Crippen LogP contribution in [-0.2, 0) is 6.54 Å². The fourth-order valence-corrected chi connectivity index (χ4v) is 3.05. The van der Waals surface area contributed by atoms with Gasteiger partial charge in [-0.25, -0.2) is 0 Å². The maximum Gasteiger partial charge on any atom is 0.0762 e. The minimum atomic E-state index is 0.629. The van der Waals surface area contributed by atoms with Crippen molar-refractivity contribution in [3.05, 3.63) is 30.1 Å². The predicted molar refractivity (Wildman–Crippen MR) is 73.4 cm³/mol. The van der Waals surface area contributed by atoms with Crippen molar-refractivity contribution in [2.45, 2.75) is 63.6 Å². The first-order valence-electron chi connectivity index (χ1n) is 7.34. The van der Waals surface area contributed by atoms with Gasteiger partial charge in [-0.1, -0.05) is 31.4 Å².